The molecule has 0 saturated carbocycles. The first-order chi connectivity index (χ1) is 10.6. The van der Waals surface area contributed by atoms with E-state index in [1.165, 1.54) is 5.56 Å². The monoisotopic (exact) mass is 448 g/mol. The van der Waals surface area contributed by atoms with Gasteiger partial charge >= 0.3 is 0 Å². The maximum atomic E-state index is 11.0. The molecule has 0 bridgehead atoms. The molecule has 0 aromatic carbocycles. The molecule has 0 aliphatic heterocycles. The van der Waals surface area contributed by atoms with Crippen LogP contribution in [0.5, 0.6) is 0 Å². The lowest BCUT2D eigenvalue weighted by atomic mass is 10.1. The van der Waals surface area contributed by atoms with Gasteiger partial charge in [0.25, 0.3) is 5.91 Å². The molecule has 0 radical (unpaired) electrons. The van der Waals surface area contributed by atoms with Gasteiger partial charge in [0, 0.05) is 13.6 Å². The molecular weight excluding hydrogens is 427 g/mol. The van der Waals surface area contributed by atoms with Crippen molar-refractivity contribution in [3.05, 3.63) is 46.0 Å². The summed E-state index contributed by atoms with van der Waals surface area (Å²) >= 11 is 1.70. The molecule has 1 amide bonds. The summed E-state index contributed by atoms with van der Waals surface area (Å²) in [5.41, 5.74) is 6.46. The molecule has 0 fully saturated rings. The van der Waals surface area contributed by atoms with E-state index < -0.39 is 5.91 Å². The van der Waals surface area contributed by atoms with E-state index in [2.05, 4.69) is 39.4 Å². The molecule has 1 unspecified atom stereocenters. The Hall–Kier alpha value is -1.55. The molecule has 126 valence electrons. The summed E-state index contributed by atoms with van der Waals surface area (Å²) in [7, 11) is 1.71. The van der Waals surface area contributed by atoms with E-state index in [1.54, 1.807) is 30.5 Å². The molecule has 1 atom stereocenters. The van der Waals surface area contributed by atoms with Crippen molar-refractivity contribution in [2.24, 2.45) is 10.7 Å². The number of amides is 1. The fourth-order valence-electron chi connectivity index (χ4n) is 1.92. The zero-order chi connectivity index (χ0) is 15.9. The Balaban J connectivity index is 0.00000264. The second-order valence-electron chi connectivity index (χ2n) is 4.89. The van der Waals surface area contributed by atoms with Gasteiger partial charge in [-0.05, 0) is 40.4 Å². The summed E-state index contributed by atoms with van der Waals surface area (Å²) in [6.07, 6.45) is 0. The Morgan fingerprint density at radius 1 is 1.39 bits per heavy atom. The second kappa shape index (κ2) is 9.56. The number of furan rings is 1. The molecule has 23 heavy (non-hydrogen) atoms. The first-order valence-corrected chi connectivity index (χ1v) is 7.89. The lowest BCUT2D eigenvalue weighted by Crippen LogP contribution is -2.38. The number of rotatable bonds is 6. The summed E-state index contributed by atoms with van der Waals surface area (Å²) in [6.45, 7) is 3.37. The number of carbonyl (C=O) groups is 1. The van der Waals surface area contributed by atoms with E-state index in [0.717, 1.165) is 6.54 Å². The third-order valence-corrected chi connectivity index (χ3v) is 3.95. The molecule has 0 saturated heterocycles. The van der Waals surface area contributed by atoms with Crippen molar-refractivity contribution < 1.29 is 9.21 Å². The molecule has 0 aliphatic rings. The average Bonchev–Trinajstić information content (AvgIpc) is 3.18. The maximum absolute atomic E-state index is 11.0. The number of nitrogens with zero attached hydrogens (tertiary/aromatic N) is 1. The van der Waals surface area contributed by atoms with Gasteiger partial charge in [-0.3, -0.25) is 9.79 Å². The zero-order valence-electron chi connectivity index (χ0n) is 13.0. The number of nitrogens with two attached hydrogens (primary N) is 1. The van der Waals surface area contributed by atoms with Crippen molar-refractivity contribution in [1.29, 1.82) is 0 Å². The van der Waals surface area contributed by atoms with Crippen LogP contribution in [-0.4, -0.2) is 25.5 Å². The number of halogens is 1. The van der Waals surface area contributed by atoms with Gasteiger partial charge in [0.15, 0.2) is 11.7 Å². The lowest BCUT2D eigenvalue weighted by Gasteiger charge is -2.14. The van der Waals surface area contributed by atoms with Crippen LogP contribution >= 0.6 is 35.3 Å². The Morgan fingerprint density at radius 2 is 2.17 bits per heavy atom. The predicted octanol–water partition coefficient (Wildman–Crippen LogP) is 2.53. The number of nitrogens with one attached hydrogen (secondary N) is 2. The van der Waals surface area contributed by atoms with Crippen LogP contribution < -0.4 is 16.4 Å². The maximum Gasteiger partial charge on any atom is 0.284 e. The highest BCUT2D eigenvalue weighted by molar-refractivity contribution is 14.0. The largest absolute Gasteiger partial charge is 0.454 e. The van der Waals surface area contributed by atoms with E-state index in [9.17, 15) is 4.79 Å². The Labute approximate surface area is 156 Å². The molecule has 0 aliphatic carbocycles. The van der Waals surface area contributed by atoms with Crippen LogP contribution in [0.2, 0.25) is 0 Å². The topological polar surface area (TPSA) is 92.6 Å². The molecule has 2 rings (SSSR count). The molecule has 6 nitrogen and oxygen atoms in total. The zero-order valence-corrected chi connectivity index (χ0v) is 16.2. The summed E-state index contributed by atoms with van der Waals surface area (Å²) in [5.74, 6) is 1.29. The summed E-state index contributed by atoms with van der Waals surface area (Å²) < 4.78 is 5.31. The van der Waals surface area contributed by atoms with Crippen molar-refractivity contribution in [3.63, 3.8) is 0 Å². The highest BCUT2D eigenvalue weighted by Crippen LogP contribution is 2.17. The minimum atomic E-state index is -0.571. The van der Waals surface area contributed by atoms with Crippen LogP contribution in [-0.2, 0) is 6.54 Å². The van der Waals surface area contributed by atoms with E-state index >= 15 is 0 Å². The van der Waals surface area contributed by atoms with Gasteiger partial charge in [0.05, 0.1) is 6.54 Å². The fourth-order valence-corrected chi connectivity index (χ4v) is 2.70. The summed E-state index contributed by atoms with van der Waals surface area (Å²) in [4.78, 5) is 15.1. The normalized spacial score (nSPS) is 12.3. The second-order valence-corrected chi connectivity index (χ2v) is 5.67. The molecule has 8 heteroatoms. The van der Waals surface area contributed by atoms with Crippen LogP contribution in [0.25, 0.3) is 0 Å². The third-order valence-electron chi connectivity index (χ3n) is 3.25. The van der Waals surface area contributed by atoms with Gasteiger partial charge in [0.2, 0.25) is 0 Å². The third kappa shape index (κ3) is 5.87. The quantitative estimate of drug-likeness (QED) is 0.360. The first kappa shape index (κ1) is 19.5. The SMILES string of the molecule is CN=C(NCc1ccc(C(N)=O)o1)NCC(C)c1ccsc1.I. The fraction of sp³-hybridized carbons (Fsp3) is 0.333. The minimum absolute atomic E-state index is 0. The standard InChI is InChI=1S/C15H20N4O2S.HI/c1-10(11-5-6-22-9-11)7-18-15(17-2)19-8-12-3-4-13(21-12)14(16)20;/h3-6,9-10H,7-8H2,1-2H3,(H2,16,20)(H2,17,18,19);1H. The van der Waals surface area contributed by atoms with Crippen LogP contribution in [0.4, 0.5) is 0 Å². The number of aliphatic imine (C=N–C) groups is 1. The smallest absolute Gasteiger partial charge is 0.284 e. The summed E-state index contributed by atoms with van der Waals surface area (Å²) in [5, 5.41) is 10.6. The highest BCUT2D eigenvalue weighted by atomic mass is 127. The average molecular weight is 448 g/mol. The number of carbonyl (C=O) groups excluding carboxylic acids is 1. The van der Waals surface area contributed by atoms with Crippen LogP contribution in [0.15, 0.2) is 38.4 Å². The molecule has 2 aromatic heterocycles. The highest BCUT2D eigenvalue weighted by Gasteiger charge is 2.09. The van der Waals surface area contributed by atoms with Crippen molar-refractivity contribution in [2.45, 2.75) is 19.4 Å². The van der Waals surface area contributed by atoms with Crippen LogP contribution in [0.3, 0.4) is 0 Å². The Kier molecular flexibility index (Phi) is 8.10. The van der Waals surface area contributed by atoms with Gasteiger partial charge in [-0.25, -0.2) is 0 Å². The Bertz CT molecular complexity index is 640. The lowest BCUT2D eigenvalue weighted by molar-refractivity contribution is 0.0972. The van der Waals surface area contributed by atoms with Crippen molar-refractivity contribution in [3.8, 4) is 0 Å². The number of thiophene rings is 1. The molecule has 4 N–H and O–H groups in total. The number of hydrogen-bond acceptors (Lipinski definition) is 4. The van der Waals surface area contributed by atoms with Crippen LogP contribution in [0, 0.1) is 0 Å². The van der Waals surface area contributed by atoms with Crippen LogP contribution in [0.1, 0.15) is 34.7 Å². The van der Waals surface area contributed by atoms with Crippen molar-refractivity contribution >= 4 is 47.2 Å². The number of guanidine groups is 1. The van der Waals surface area contributed by atoms with Gasteiger partial charge < -0.3 is 20.8 Å². The van der Waals surface area contributed by atoms with Crippen molar-refractivity contribution in [2.75, 3.05) is 13.6 Å². The first-order valence-electron chi connectivity index (χ1n) is 6.95. The van der Waals surface area contributed by atoms with Crippen molar-refractivity contribution in [1.82, 2.24) is 10.6 Å². The van der Waals surface area contributed by atoms with E-state index in [-0.39, 0.29) is 29.7 Å². The van der Waals surface area contributed by atoms with Gasteiger partial charge in [-0.2, -0.15) is 11.3 Å². The predicted molar refractivity (Wildman–Crippen MR) is 104 cm³/mol. The molecule has 2 heterocycles. The van der Waals surface area contributed by atoms with E-state index in [1.807, 2.05) is 0 Å². The molecule has 0 spiro atoms. The van der Waals surface area contributed by atoms with Gasteiger partial charge in [-0.15, -0.1) is 24.0 Å². The number of hydrogen-bond donors (Lipinski definition) is 3. The molecular formula is C15H21IN4O2S. The Morgan fingerprint density at radius 3 is 2.74 bits per heavy atom. The number of primary amides is 1. The van der Waals surface area contributed by atoms with Gasteiger partial charge in [0.1, 0.15) is 5.76 Å². The molecule has 2 aromatic rings. The van der Waals surface area contributed by atoms with Gasteiger partial charge in [-0.1, -0.05) is 6.92 Å². The van der Waals surface area contributed by atoms with E-state index in [4.69, 9.17) is 10.2 Å². The minimum Gasteiger partial charge on any atom is -0.454 e. The van der Waals surface area contributed by atoms with E-state index in [0.29, 0.717) is 24.2 Å². The summed E-state index contributed by atoms with van der Waals surface area (Å²) in [6, 6.07) is 5.41.